The number of carbonyl (C=O) groups excluding carboxylic acids is 1. The molecule has 2 N–H and O–H groups in total. The van der Waals surface area contributed by atoms with Gasteiger partial charge in [-0.05, 0) is 47.9 Å². The van der Waals surface area contributed by atoms with E-state index >= 15 is 0 Å². The number of carbonyl (C=O) groups is 1. The van der Waals surface area contributed by atoms with Gasteiger partial charge in [0.05, 0.1) is 21.8 Å². The van der Waals surface area contributed by atoms with Gasteiger partial charge in [-0.2, -0.15) is 5.10 Å². The molecule has 34 heavy (non-hydrogen) atoms. The van der Waals surface area contributed by atoms with Crippen LogP contribution in [0.2, 0.25) is 10.0 Å². The van der Waals surface area contributed by atoms with Crippen LogP contribution in [0, 0.1) is 0 Å². The highest BCUT2D eigenvalue weighted by Crippen LogP contribution is 2.30. The van der Waals surface area contributed by atoms with Gasteiger partial charge in [0.15, 0.2) is 0 Å². The lowest BCUT2D eigenvalue weighted by Gasteiger charge is -2.24. The second-order valence-corrected chi connectivity index (χ2v) is 10.4. The van der Waals surface area contributed by atoms with Gasteiger partial charge in [0.2, 0.25) is 0 Å². The van der Waals surface area contributed by atoms with Crippen molar-refractivity contribution < 1.29 is 18.3 Å². The monoisotopic (exact) mass is 519 g/mol. The fourth-order valence-corrected chi connectivity index (χ4v) is 5.04. The Morgan fingerprint density at radius 3 is 2.35 bits per heavy atom. The summed E-state index contributed by atoms with van der Waals surface area (Å²) in [5.41, 5.74) is 3.84. The van der Waals surface area contributed by atoms with Gasteiger partial charge >= 0.3 is 0 Å². The minimum atomic E-state index is -4.03. The van der Waals surface area contributed by atoms with Crippen molar-refractivity contribution in [3.8, 4) is 5.75 Å². The number of phenolic OH excluding ortho intramolecular Hbond substituents is 1. The molecule has 0 unspecified atom stereocenters. The molecule has 0 fully saturated rings. The Balaban J connectivity index is 1.86. The second-order valence-electron chi connectivity index (χ2n) is 7.69. The number of anilines is 1. The number of rotatable bonds is 8. The van der Waals surface area contributed by atoms with E-state index in [0.717, 1.165) is 9.87 Å². The number of sulfonamides is 1. The van der Waals surface area contributed by atoms with E-state index in [2.05, 4.69) is 10.5 Å². The molecular weight excluding hydrogens is 497 g/mol. The maximum absolute atomic E-state index is 13.3. The van der Waals surface area contributed by atoms with Crippen LogP contribution >= 0.6 is 23.2 Å². The summed E-state index contributed by atoms with van der Waals surface area (Å²) in [6, 6.07) is 17.6. The molecule has 0 spiro atoms. The van der Waals surface area contributed by atoms with Gasteiger partial charge in [-0.1, -0.05) is 67.4 Å². The van der Waals surface area contributed by atoms with E-state index < -0.39 is 22.5 Å². The third kappa shape index (κ3) is 6.08. The van der Waals surface area contributed by atoms with Gasteiger partial charge in [-0.3, -0.25) is 9.10 Å². The highest BCUT2D eigenvalue weighted by molar-refractivity contribution is 7.92. The molecule has 0 atom stereocenters. The first-order chi connectivity index (χ1) is 16.1. The molecule has 3 aromatic carbocycles. The van der Waals surface area contributed by atoms with E-state index in [9.17, 15) is 18.3 Å². The number of hydrazone groups is 1. The largest absolute Gasteiger partial charge is 0.506 e. The number of benzene rings is 3. The van der Waals surface area contributed by atoms with Crippen LogP contribution in [0.4, 0.5) is 5.69 Å². The Hall–Kier alpha value is -3.07. The molecule has 0 saturated heterocycles. The number of nitrogens with zero attached hydrogens (tertiary/aromatic N) is 2. The number of phenols is 1. The summed E-state index contributed by atoms with van der Waals surface area (Å²) >= 11 is 11.8. The first-order valence-electron chi connectivity index (χ1n) is 10.3. The van der Waals surface area contributed by atoms with Crippen molar-refractivity contribution in [2.75, 3.05) is 10.8 Å². The van der Waals surface area contributed by atoms with E-state index in [4.69, 9.17) is 23.2 Å². The zero-order chi connectivity index (χ0) is 24.9. The van der Waals surface area contributed by atoms with Crippen LogP contribution in [0.3, 0.4) is 0 Å². The second kappa shape index (κ2) is 10.9. The third-order valence-electron chi connectivity index (χ3n) is 4.92. The standard InChI is InChI=1S/C24H23Cl2N3O4S/c1-16(2)17-8-10-20(11-9-17)29(34(32,33)21-6-4-3-5-7-21)15-23(30)28-27-14-18-12-19(25)13-22(26)24(18)31/h3-14,16,31H,15H2,1-2H3,(H,28,30)/b27-14-. The fourth-order valence-electron chi connectivity index (χ4n) is 3.08. The predicted octanol–water partition coefficient (Wildman–Crippen LogP) is 5.17. The van der Waals surface area contributed by atoms with Crippen molar-refractivity contribution >= 4 is 51.0 Å². The molecule has 1 amide bonds. The molecule has 0 saturated carbocycles. The smallest absolute Gasteiger partial charge is 0.264 e. The van der Waals surface area contributed by atoms with Gasteiger partial charge in [-0.25, -0.2) is 13.8 Å². The van der Waals surface area contributed by atoms with Crippen molar-refractivity contribution in [3.05, 3.63) is 87.9 Å². The molecule has 178 valence electrons. The molecule has 0 aliphatic carbocycles. The van der Waals surface area contributed by atoms with Crippen molar-refractivity contribution in [3.63, 3.8) is 0 Å². The maximum Gasteiger partial charge on any atom is 0.264 e. The number of amides is 1. The van der Waals surface area contributed by atoms with Crippen LogP contribution in [0.25, 0.3) is 0 Å². The molecular formula is C24H23Cl2N3O4S. The van der Waals surface area contributed by atoms with Gasteiger partial charge in [-0.15, -0.1) is 0 Å². The van der Waals surface area contributed by atoms with Gasteiger partial charge in [0.25, 0.3) is 15.9 Å². The lowest BCUT2D eigenvalue weighted by atomic mass is 10.0. The fraction of sp³-hybridized carbons (Fsp3) is 0.167. The molecule has 0 heterocycles. The Morgan fingerprint density at radius 1 is 1.09 bits per heavy atom. The van der Waals surface area contributed by atoms with Crippen molar-refractivity contribution in [1.82, 2.24) is 5.43 Å². The quantitative estimate of drug-likeness (QED) is 0.316. The van der Waals surface area contributed by atoms with Crippen LogP contribution in [0.5, 0.6) is 5.75 Å². The van der Waals surface area contributed by atoms with Gasteiger partial charge < -0.3 is 5.11 Å². The third-order valence-corrected chi connectivity index (χ3v) is 7.21. The van der Waals surface area contributed by atoms with Crippen molar-refractivity contribution in [2.45, 2.75) is 24.7 Å². The zero-order valence-electron chi connectivity index (χ0n) is 18.4. The summed E-state index contributed by atoms with van der Waals surface area (Å²) in [6.07, 6.45) is 1.17. The van der Waals surface area contributed by atoms with E-state index in [1.54, 1.807) is 30.3 Å². The minimum absolute atomic E-state index is 0.0326. The predicted molar refractivity (Wildman–Crippen MR) is 135 cm³/mol. The molecule has 7 nitrogen and oxygen atoms in total. The Morgan fingerprint density at radius 2 is 1.74 bits per heavy atom. The average molecular weight is 520 g/mol. The molecule has 3 aromatic rings. The van der Waals surface area contributed by atoms with Crippen LogP contribution in [0.15, 0.2) is 76.7 Å². The number of aromatic hydroxyl groups is 1. The summed E-state index contributed by atoms with van der Waals surface area (Å²) in [4.78, 5) is 12.7. The molecule has 0 radical (unpaired) electrons. The van der Waals surface area contributed by atoms with Crippen LogP contribution < -0.4 is 9.73 Å². The normalized spacial score (nSPS) is 11.7. The number of nitrogens with one attached hydrogen (secondary N) is 1. The summed E-state index contributed by atoms with van der Waals surface area (Å²) in [5.74, 6) is -0.666. The molecule has 0 aliphatic rings. The Labute approximate surface area is 208 Å². The van der Waals surface area contributed by atoms with E-state index in [1.165, 1.54) is 30.5 Å². The van der Waals surface area contributed by atoms with Crippen LogP contribution in [0.1, 0.15) is 30.9 Å². The molecule has 3 rings (SSSR count). The molecule has 10 heteroatoms. The molecule has 0 aromatic heterocycles. The summed E-state index contributed by atoms with van der Waals surface area (Å²) < 4.78 is 27.7. The van der Waals surface area contributed by atoms with Gasteiger partial charge in [0, 0.05) is 10.6 Å². The average Bonchev–Trinajstić information content (AvgIpc) is 2.81. The highest BCUT2D eigenvalue weighted by atomic mass is 35.5. The number of halogens is 2. The van der Waals surface area contributed by atoms with Gasteiger partial charge in [0.1, 0.15) is 12.3 Å². The molecule has 0 aliphatic heterocycles. The Bertz CT molecular complexity index is 1300. The number of hydrogen-bond donors (Lipinski definition) is 2. The SMILES string of the molecule is CC(C)c1ccc(N(CC(=O)N/N=C\c2cc(Cl)cc(Cl)c2O)S(=O)(=O)c2ccccc2)cc1. The molecule has 0 bridgehead atoms. The van der Waals surface area contributed by atoms with E-state index in [1.807, 2.05) is 26.0 Å². The summed E-state index contributed by atoms with van der Waals surface area (Å²) in [7, 11) is -4.03. The summed E-state index contributed by atoms with van der Waals surface area (Å²) in [6.45, 7) is 3.55. The first kappa shape index (κ1) is 25.6. The van der Waals surface area contributed by atoms with Crippen LogP contribution in [-0.4, -0.2) is 32.2 Å². The highest BCUT2D eigenvalue weighted by Gasteiger charge is 2.27. The van der Waals surface area contributed by atoms with Crippen molar-refractivity contribution in [2.24, 2.45) is 5.10 Å². The lowest BCUT2D eigenvalue weighted by molar-refractivity contribution is -0.119. The number of hydrogen-bond acceptors (Lipinski definition) is 5. The Kier molecular flexibility index (Phi) is 8.19. The van der Waals surface area contributed by atoms with Crippen LogP contribution in [-0.2, 0) is 14.8 Å². The minimum Gasteiger partial charge on any atom is -0.506 e. The maximum atomic E-state index is 13.3. The first-order valence-corrected chi connectivity index (χ1v) is 12.5. The van der Waals surface area contributed by atoms with Crippen molar-refractivity contribution in [1.29, 1.82) is 0 Å². The van der Waals surface area contributed by atoms with E-state index in [-0.39, 0.29) is 32.2 Å². The summed E-state index contributed by atoms with van der Waals surface area (Å²) in [5, 5.41) is 14.1. The van der Waals surface area contributed by atoms with E-state index in [0.29, 0.717) is 5.69 Å². The topological polar surface area (TPSA) is 99.1 Å². The lowest BCUT2D eigenvalue weighted by Crippen LogP contribution is -2.39. The zero-order valence-corrected chi connectivity index (χ0v) is 20.8.